The Hall–Kier alpha value is -2.57. The molecular formula is C23H27ClN4O2. The lowest BCUT2D eigenvalue weighted by atomic mass is 10.1. The Morgan fingerprint density at radius 3 is 2.60 bits per heavy atom. The van der Waals surface area contributed by atoms with Gasteiger partial charge in [0.2, 0.25) is 11.8 Å². The number of nitrogens with zero attached hydrogens (tertiary/aromatic N) is 3. The molecule has 0 aromatic heterocycles. The molecular weight excluding hydrogens is 400 g/mol. The van der Waals surface area contributed by atoms with Crippen molar-refractivity contribution in [3.8, 4) is 0 Å². The highest BCUT2D eigenvalue weighted by Gasteiger charge is 2.35. The third-order valence-corrected chi connectivity index (χ3v) is 6.17. The number of amides is 2. The summed E-state index contributed by atoms with van der Waals surface area (Å²) in [6, 6.07) is 15.1. The van der Waals surface area contributed by atoms with Crippen molar-refractivity contribution in [2.24, 2.45) is 5.92 Å². The zero-order chi connectivity index (χ0) is 21.1. The van der Waals surface area contributed by atoms with Crippen LogP contribution < -0.4 is 15.1 Å². The minimum atomic E-state index is -0.388. The van der Waals surface area contributed by atoms with Gasteiger partial charge in [0, 0.05) is 49.9 Å². The lowest BCUT2D eigenvalue weighted by Gasteiger charge is -2.36. The number of rotatable bonds is 5. The highest BCUT2D eigenvalue weighted by atomic mass is 35.5. The predicted octanol–water partition coefficient (Wildman–Crippen LogP) is 3.47. The first kappa shape index (κ1) is 20.7. The number of likely N-dealkylation sites (N-methyl/N-ethyl adjacent to an activating group) is 1. The molecule has 0 saturated carbocycles. The van der Waals surface area contributed by atoms with E-state index in [4.69, 9.17) is 11.6 Å². The van der Waals surface area contributed by atoms with Gasteiger partial charge >= 0.3 is 0 Å². The van der Waals surface area contributed by atoms with E-state index in [1.165, 1.54) is 0 Å². The van der Waals surface area contributed by atoms with Crippen molar-refractivity contribution in [3.63, 3.8) is 0 Å². The van der Waals surface area contributed by atoms with E-state index in [0.29, 0.717) is 11.6 Å². The number of piperazine rings is 1. The molecule has 2 saturated heterocycles. The molecule has 2 aromatic rings. The van der Waals surface area contributed by atoms with Crippen molar-refractivity contribution in [2.75, 3.05) is 54.4 Å². The van der Waals surface area contributed by atoms with Crippen molar-refractivity contribution >= 4 is 40.5 Å². The summed E-state index contributed by atoms with van der Waals surface area (Å²) in [6.07, 6.45) is 0.204. The number of carbonyl (C=O) groups is 2. The standard InChI is InChI=1S/C23H27ClN4O2/c1-2-26-10-12-27(13-11-26)21-9-4-3-8-20(21)25-23(30)17-14-22(29)28(16-17)19-7-5-6-18(24)15-19/h3-9,15,17H,2,10-14,16H2,1H3,(H,25,30)/t17-/m0/s1. The predicted molar refractivity (Wildman–Crippen MR) is 121 cm³/mol. The number of halogens is 1. The minimum Gasteiger partial charge on any atom is -0.367 e. The lowest BCUT2D eigenvalue weighted by Crippen LogP contribution is -2.46. The fourth-order valence-corrected chi connectivity index (χ4v) is 4.36. The molecule has 2 aromatic carbocycles. The van der Waals surface area contributed by atoms with Crippen molar-refractivity contribution in [1.82, 2.24) is 4.90 Å². The normalized spacial score (nSPS) is 19.9. The molecule has 30 heavy (non-hydrogen) atoms. The van der Waals surface area contributed by atoms with E-state index in [1.807, 2.05) is 30.3 Å². The summed E-state index contributed by atoms with van der Waals surface area (Å²) >= 11 is 6.06. The molecule has 1 N–H and O–H groups in total. The van der Waals surface area contributed by atoms with Gasteiger partial charge in [0.25, 0.3) is 0 Å². The Labute approximate surface area is 182 Å². The second kappa shape index (κ2) is 9.06. The fourth-order valence-electron chi connectivity index (χ4n) is 4.17. The van der Waals surface area contributed by atoms with Crippen LogP contribution in [0.25, 0.3) is 0 Å². The maximum Gasteiger partial charge on any atom is 0.229 e. The van der Waals surface area contributed by atoms with Gasteiger partial charge in [-0.3, -0.25) is 9.59 Å². The van der Waals surface area contributed by atoms with Gasteiger partial charge in [-0.1, -0.05) is 36.7 Å². The van der Waals surface area contributed by atoms with Crippen molar-refractivity contribution < 1.29 is 9.59 Å². The van der Waals surface area contributed by atoms with E-state index in [-0.39, 0.29) is 24.2 Å². The first-order valence-corrected chi connectivity index (χ1v) is 10.9. The van der Waals surface area contributed by atoms with Gasteiger partial charge in [-0.05, 0) is 36.9 Å². The Balaban J connectivity index is 1.44. The van der Waals surface area contributed by atoms with E-state index < -0.39 is 0 Å². The minimum absolute atomic E-state index is 0.0543. The number of para-hydroxylation sites is 2. The SMILES string of the molecule is CCN1CCN(c2ccccc2NC(=O)[C@H]2CC(=O)N(c3cccc(Cl)c3)C2)CC1. The van der Waals surface area contributed by atoms with Crippen LogP contribution in [0.15, 0.2) is 48.5 Å². The molecule has 7 heteroatoms. The van der Waals surface area contributed by atoms with Crippen LogP contribution in [0.1, 0.15) is 13.3 Å². The average molecular weight is 427 g/mol. The molecule has 6 nitrogen and oxygen atoms in total. The summed E-state index contributed by atoms with van der Waals surface area (Å²) in [4.78, 5) is 31.9. The molecule has 2 aliphatic heterocycles. The summed E-state index contributed by atoms with van der Waals surface area (Å²) in [5.41, 5.74) is 2.58. The number of hydrogen-bond donors (Lipinski definition) is 1. The van der Waals surface area contributed by atoms with E-state index in [0.717, 1.165) is 49.8 Å². The second-order valence-corrected chi connectivity index (χ2v) is 8.25. The molecule has 2 fully saturated rings. The van der Waals surface area contributed by atoms with Crippen molar-refractivity contribution in [3.05, 3.63) is 53.6 Å². The zero-order valence-electron chi connectivity index (χ0n) is 17.2. The number of benzene rings is 2. The number of nitrogens with one attached hydrogen (secondary N) is 1. The van der Waals surface area contributed by atoms with E-state index in [9.17, 15) is 9.59 Å². The number of anilines is 3. The second-order valence-electron chi connectivity index (χ2n) is 7.81. The van der Waals surface area contributed by atoms with Crippen LogP contribution in [-0.2, 0) is 9.59 Å². The smallest absolute Gasteiger partial charge is 0.229 e. The maximum atomic E-state index is 13.0. The monoisotopic (exact) mass is 426 g/mol. The van der Waals surface area contributed by atoms with Gasteiger partial charge in [-0.15, -0.1) is 0 Å². The van der Waals surface area contributed by atoms with Gasteiger partial charge in [0.1, 0.15) is 0 Å². The summed E-state index contributed by atoms with van der Waals surface area (Å²) in [6.45, 7) is 7.51. The van der Waals surface area contributed by atoms with Gasteiger partial charge in [-0.25, -0.2) is 0 Å². The number of carbonyl (C=O) groups excluding carboxylic acids is 2. The topological polar surface area (TPSA) is 55.9 Å². The fraction of sp³-hybridized carbons (Fsp3) is 0.391. The maximum absolute atomic E-state index is 13.0. The Morgan fingerprint density at radius 1 is 1.10 bits per heavy atom. The van der Waals surface area contributed by atoms with Gasteiger partial charge < -0.3 is 20.0 Å². The molecule has 4 rings (SSSR count). The summed E-state index contributed by atoms with van der Waals surface area (Å²) in [5, 5.41) is 3.65. The van der Waals surface area contributed by atoms with Crippen LogP contribution in [0, 0.1) is 5.92 Å². The molecule has 0 spiro atoms. The Bertz CT molecular complexity index is 927. The summed E-state index contributed by atoms with van der Waals surface area (Å²) in [5.74, 6) is -0.560. The van der Waals surface area contributed by atoms with Crippen LogP contribution in [0.4, 0.5) is 17.1 Å². The van der Waals surface area contributed by atoms with Crippen molar-refractivity contribution in [2.45, 2.75) is 13.3 Å². The molecule has 0 radical (unpaired) electrons. The molecule has 0 bridgehead atoms. The van der Waals surface area contributed by atoms with Crippen molar-refractivity contribution in [1.29, 1.82) is 0 Å². The average Bonchev–Trinajstić information content (AvgIpc) is 3.16. The molecule has 158 valence electrons. The van der Waals surface area contributed by atoms with E-state index in [1.54, 1.807) is 17.0 Å². The summed E-state index contributed by atoms with van der Waals surface area (Å²) in [7, 11) is 0. The van der Waals surface area contributed by atoms with Crippen LogP contribution in [0.2, 0.25) is 5.02 Å². The summed E-state index contributed by atoms with van der Waals surface area (Å²) < 4.78 is 0. The van der Waals surface area contributed by atoms with Crippen LogP contribution in [0.3, 0.4) is 0 Å². The largest absolute Gasteiger partial charge is 0.367 e. The molecule has 2 amide bonds. The first-order valence-electron chi connectivity index (χ1n) is 10.5. The van der Waals surface area contributed by atoms with Gasteiger partial charge in [0.15, 0.2) is 0 Å². The van der Waals surface area contributed by atoms with Gasteiger partial charge in [-0.2, -0.15) is 0 Å². The first-order chi connectivity index (χ1) is 14.5. The molecule has 2 heterocycles. The third kappa shape index (κ3) is 4.45. The van der Waals surface area contributed by atoms with Crippen LogP contribution >= 0.6 is 11.6 Å². The number of hydrogen-bond acceptors (Lipinski definition) is 4. The van der Waals surface area contributed by atoms with Crippen LogP contribution in [0.5, 0.6) is 0 Å². The Kier molecular flexibility index (Phi) is 6.25. The van der Waals surface area contributed by atoms with E-state index >= 15 is 0 Å². The lowest BCUT2D eigenvalue weighted by molar-refractivity contribution is -0.122. The van der Waals surface area contributed by atoms with Crippen LogP contribution in [-0.4, -0.2) is 56.0 Å². The highest BCUT2D eigenvalue weighted by Crippen LogP contribution is 2.30. The molecule has 0 aliphatic carbocycles. The van der Waals surface area contributed by atoms with Gasteiger partial charge in [0.05, 0.1) is 17.3 Å². The molecule has 2 aliphatic rings. The van der Waals surface area contributed by atoms with E-state index in [2.05, 4.69) is 28.1 Å². The highest BCUT2D eigenvalue weighted by molar-refractivity contribution is 6.31. The quantitative estimate of drug-likeness (QED) is 0.795. The zero-order valence-corrected chi connectivity index (χ0v) is 17.9. The third-order valence-electron chi connectivity index (χ3n) is 5.94. The molecule has 1 atom stereocenters. The Morgan fingerprint density at radius 2 is 1.87 bits per heavy atom. The molecule has 0 unspecified atom stereocenters.